The van der Waals surface area contributed by atoms with E-state index >= 15 is 0 Å². The molecule has 28 heavy (non-hydrogen) atoms. The number of urea groups is 1. The number of amides is 2. The standard InChI is InChI=1S/C22H31N3O3/c1-16(2)24(3)15-19-9-7-6-8-18(19)13-23-22(27)25(4)14-17-10-11-21(28-5)20(26)12-17/h6-12,16,26H,13-15H2,1-5H3,(H,23,27). The van der Waals surface area contributed by atoms with Crippen molar-refractivity contribution < 1.29 is 14.6 Å². The second-order valence-electron chi connectivity index (χ2n) is 7.30. The summed E-state index contributed by atoms with van der Waals surface area (Å²) in [5.74, 6) is 0.482. The van der Waals surface area contributed by atoms with Gasteiger partial charge in [-0.3, -0.25) is 4.90 Å². The quantitative estimate of drug-likeness (QED) is 0.729. The van der Waals surface area contributed by atoms with Crippen molar-refractivity contribution >= 4 is 6.03 Å². The fraction of sp³-hybridized carbons (Fsp3) is 0.409. The van der Waals surface area contributed by atoms with Gasteiger partial charge in [0.05, 0.1) is 7.11 Å². The largest absolute Gasteiger partial charge is 0.504 e. The molecule has 0 heterocycles. The smallest absolute Gasteiger partial charge is 0.317 e. The minimum atomic E-state index is -0.165. The zero-order valence-electron chi connectivity index (χ0n) is 17.4. The third-order valence-corrected chi connectivity index (χ3v) is 4.86. The van der Waals surface area contributed by atoms with Gasteiger partial charge < -0.3 is 20.1 Å². The molecule has 0 aliphatic rings. The lowest BCUT2D eigenvalue weighted by atomic mass is 10.1. The van der Waals surface area contributed by atoms with Crippen molar-refractivity contribution in [1.29, 1.82) is 0 Å². The second-order valence-corrected chi connectivity index (χ2v) is 7.30. The molecule has 2 aromatic rings. The van der Waals surface area contributed by atoms with Gasteiger partial charge in [0.1, 0.15) is 0 Å². The van der Waals surface area contributed by atoms with Crippen LogP contribution in [0.4, 0.5) is 4.79 Å². The Morgan fingerprint density at radius 2 is 1.79 bits per heavy atom. The molecule has 0 atom stereocenters. The van der Waals surface area contributed by atoms with E-state index in [-0.39, 0.29) is 11.8 Å². The van der Waals surface area contributed by atoms with E-state index in [9.17, 15) is 9.90 Å². The van der Waals surface area contributed by atoms with Crippen LogP contribution in [-0.2, 0) is 19.6 Å². The van der Waals surface area contributed by atoms with Crippen LogP contribution in [0.5, 0.6) is 11.5 Å². The highest BCUT2D eigenvalue weighted by Crippen LogP contribution is 2.26. The Balaban J connectivity index is 1.95. The van der Waals surface area contributed by atoms with Gasteiger partial charge in [-0.25, -0.2) is 4.79 Å². The van der Waals surface area contributed by atoms with Gasteiger partial charge in [-0.05, 0) is 49.7 Å². The number of nitrogens with one attached hydrogen (secondary N) is 1. The molecule has 2 amide bonds. The predicted octanol–water partition coefficient (Wildman–Crippen LogP) is 3.58. The molecule has 0 saturated carbocycles. The second kappa shape index (κ2) is 9.99. The Kier molecular flexibility index (Phi) is 7.70. The van der Waals surface area contributed by atoms with Crippen molar-refractivity contribution in [2.75, 3.05) is 21.2 Å². The van der Waals surface area contributed by atoms with Crippen LogP contribution < -0.4 is 10.1 Å². The van der Waals surface area contributed by atoms with Crippen molar-refractivity contribution in [3.8, 4) is 11.5 Å². The van der Waals surface area contributed by atoms with Crippen molar-refractivity contribution in [2.24, 2.45) is 0 Å². The summed E-state index contributed by atoms with van der Waals surface area (Å²) in [5, 5.41) is 12.9. The highest BCUT2D eigenvalue weighted by molar-refractivity contribution is 5.74. The number of rotatable bonds is 8. The molecule has 152 valence electrons. The molecular formula is C22H31N3O3. The Morgan fingerprint density at radius 1 is 1.11 bits per heavy atom. The summed E-state index contributed by atoms with van der Waals surface area (Å²) in [5.41, 5.74) is 3.15. The molecule has 2 aromatic carbocycles. The first-order chi connectivity index (χ1) is 13.3. The zero-order chi connectivity index (χ0) is 20.7. The number of ether oxygens (including phenoxy) is 1. The van der Waals surface area contributed by atoms with Crippen molar-refractivity contribution in [3.05, 3.63) is 59.2 Å². The zero-order valence-corrected chi connectivity index (χ0v) is 17.4. The minimum Gasteiger partial charge on any atom is -0.504 e. The van der Waals surface area contributed by atoms with E-state index in [2.05, 4.69) is 37.2 Å². The molecular weight excluding hydrogens is 354 g/mol. The molecule has 0 spiro atoms. The van der Waals surface area contributed by atoms with Gasteiger partial charge >= 0.3 is 6.03 Å². The average Bonchev–Trinajstić information content (AvgIpc) is 2.67. The van der Waals surface area contributed by atoms with Crippen LogP contribution in [0.1, 0.15) is 30.5 Å². The molecule has 0 bridgehead atoms. The molecule has 0 saturated heterocycles. The molecule has 0 fully saturated rings. The van der Waals surface area contributed by atoms with Gasteiger partial charge in [-0.15, -0.1) is 0 Å². The first kappa shape index (κ1) is 21.6. The number of phenolic OH excluding ortho intramolecular Hbond substituents is 1. The molecule has 0 radical (unpaired) electrons. The van der Waals surface area contributed by atoms with Gasteiger partial charge in [-0.1, -0.05) is 30.3 Å². The molecule has 0 aliphatic heterocycles. The summed E-state index contributed by atoms with van der Waals surface area (Å²) in [6.07, 6.45) is 0. The van der Waals surface area contributed by atoms with Crippen LogP contribution in [0.25, 0.3) is 0 Å². The molecule has 0 unspecified atom stereocenters. The lowest BCUT2D eigenvalue weighted by Gasteiger charge is -2.23. The number of hydrogen-bond donors (Lipinski definition) is 2. The number of carbonyl (C=O) groups is 1. The van der Waals surface area contributed by atoms with Gasteiger partial charge in [0.15, 0.2) is 11.5 Å². The van der Waals surface area contributed by atoms with Crippen LogP contribution in [0.2, 0.25) is 0 Å². The molecule has 6 nitrogen and oxygen atoms in total. The van der Waals surface area contributed by atoms with Crippen molar-refractivity contribution in [1.82, 2.24) is 15.1 Å². The minimum absolute atomic E-state index is 0.0667. The maximum absolute atomic E-state index is 12.5. The monoisotopic (exact) mass is 385 g/mol. The highest BCUT2D eigenvalue weighted by atomic mass is 16.5. The van der Waals surface area contributed by atoms with E-state index in [1.54, 1.807) is 24.1 Å². The van der Waals surface area contributed by atoms with E-state index in [1.165, 1.54) is 12.7 Å². The van der Waals surface area contributed by atoms with Crippen LogP contribution in [0, 0.1) is 0 Å². The summed E-state index contributed by atoms with van der Waals surface area (Å²) in [4.78, 5) is 16.3. The predicted molar refractivity (Wildman–Crippen MR) is 111 cm³/mol. The molecule has 0 aliphatic carbocycles. The van der Waals surface area contributed by atoms with E-state index in [0.29, 0.717) is 24.9 Å². The fourth-order valence-corrected chi connectivity index (χ4v) is 2.82. The maximum Gasteiger partial charge on any atom is 0.317 e. The summed E-state index contributed by atoms with van der Waals surface area (Å²) < 4.78 is 5.05. The van der Waals surface area contributed by atoms with Gasteiger partial charge in [0, 0.05) is 32.7 Å². The van der Waals surface area contributed by atoms with Gasteiger partial charge in [-0.2, -0.15) is 0 Å². The fourth-order valence-electron chi connectivity index (χ4n) is 2.82. The Morgan fingerprint density at radius 3 is 2.39 bits per heavy atom. The number of nitrogens with zero attached hydrogens (tertiary/aromatic N) is 2. The topological polar surface area (TPSA) is 65.0 Å². The van der Waals surface area contributed by atoms with Gasteiger partial charge in [0.25, 0.3) is 0 Å². The Labute approximate surface area is 167 Å². The average molecular weight is 386 g/mol. The number of carbonyl (C=O) groups excluding carboxylic acids is 1. The molecule has 2 rings (SSSR count). The van der Waals surface area contributed by atoms with Crippen LogP contribution in [0.15, 0.2) is 42.5 Å². The third-order valence-electron chi connectivity index (χ3n) is 4.86. The van der Waals surface area contributed by atoms with E-state index in [4.69, 9.17) is 4.74 Å². The lowest BCUT2D eigenvalue weighted by Crippen LogP contribution is -2.36. The molecule has 2 N–H and O–H groups in total. The van der Waals surface area contributed by atoms with Crippen LogP contribution in [-0.4, -0.2) is 48.2 Å². The number of phenols is 1. The molecule has 0 aromatic heterocycles. The summed E-state index contributed by atoms with van der Waals surface area (Å²) >= 11 is 0. The van der Waals surface area contributed by atoms with E-state index in [1.807, 2.05) is 24.3 Å². The summed E-state index contributed by atoms with van der Waals surface area (Å²) in [6.45, 7) is 6.03. The summed E-state index contributed by atoms with van der Waals surface area (Å²) in [7, 11) is 5.33. The first-order valence-electron chi connectivity index (χ1n) is 9.43. The number of benzene rings is 2. The van der Waals surface area contributed by atoms with Gasteiger partial charge in [0.2, 0.25) is 0 Å². The Hall–Kier alpha value is -2.73. The maximum atomic E-state index is 12.5. The third kappa shape index (κ3) is 5.89. The number of hydrogen-bond acceptors (Lipinski definition) is 4. The van der Waals surface area contributed by atoms with Crippen LogP contribution in [0.3, 0.4) is 0 Å². The van der Waals surface area contributed by atoms with E-state index in [0.717, 1.165) is 17.7 Å². The molecule has 6 heteroatoms. The van der Waals surface area contributed by atoms with E-state index < -0.39 is 0 Å². The van der Waals surface area contributed by atoms with Crippen LogP contribution >= 0.6 is 0 Å². The number of methoxy groups -OCH3 is 1. The SMILES string of the molecule is COc1ccc(CN(C)C(=O)NCc2ccccc2CN(C)C(C)C)cc1O. The first-order valence-corrected chi connectivity index (χ1v) is 9.43. The Bertz CT molecular complexity index is 792. The number of aromatic hydroxyl groups is 1. The summed E-state index contributed by atoms with van der Waals surface area (Å²) in [6, 6.07) is 13.6. The normalized spacial score (nSPS) is 11.0. The lowest BCUT2D eigenvalue weighted by molar-refractivity contribution is 0.206. The van der Waals surface area contributed by atoms with Crippen molar-refractivity contribution in [3.63, 3.8) is 0 Å². The highest BCUT2D eigenvalue weighted by Gasteiger charge is 2.12. The van der Waals surface area contributed by atoms with Crippen molar-refractivity contribution in [2.45, 2.75) is 39.5 Å².